The van der Waals surface area contributed by atoms with E-state index in [1.807, 2.05) is 35.7 Å². The van der Waals surface area contributed by atoms with Crippen LogP contribution in [0.3, 0.4) is 0 Å². The molecular weight excluding hydrogens is 234 g/mol. The molecule has 17 heavy (non-hydrogen) atoms. The zero-order valence-electron chi connectivity index (χ0n) is 9.33. The molecule has 0 N–H and O–H groups in total. The van der Waals surface area contributed by atoms with Crippen LogP contribution in [0.2, 0.25) is 0 Å². The first-order chi connectivity index (χ1) is 8.36. The lowest BCUT2D eigenvalue weighted by Gasteiger charge is -2.02. The van der Waals surface area contributed by atoms with Crippen LogP contribution in [0.25, 0.3) is 0 Å². The second kappa shape index (κ2) is 6.27. The molecule has 2 rings (SSSR count). The van der Waals surface area contributed by atoms with Crippen molar-refractivity contribution in [3.8, 4) is 0 Å². The molecule has 0 amide bonds. The van der Waals surface area contributed by atoms with Crippen molar-refractivity contribution in [1.82, 2.24) is 4.98 Å². The highest BCUT2D eigenvalue weighted by Gasteiger charge is 2.06. The number of rotatable bonds is 6. The number of nitrogens with zero attached hydrogens (tertiary/aromatic N) is 1. The number of carbonyl (C=O) groups is 1. The van der Waals surface area contributed by atoms with Crippen LogP contribution in [-0.2, 0) is 11.2 Å². The first-order valence-corrected chi connectivity index (χ1v) is 6.28. The molecule has 0 saturated heterocycles. The Bertz CT molecular complexity index is 454. The van der Waals surface area contributed by atoms with Gasteiger partial charge in [0.05, 0.1) is 11.5 Å². The minimum Gasteiger partial charge on any atom is -0.373 e. The molecule has 0 saturated carbocycles. The van der Waals surface area contributed by atoms with E-state index in [4.69, 9.17) is 4.74 Å². The average molecular weight is 247 g/mol. The van der Waals surface area contributed by atoms with Gasteiger partial charge in [0.2, 0.25) is 0 Å². The topological polar surface area (TPSA) is 39.2 Å². The van der Waals surface area contributed by atoms with Crippen LogP contribution < -0.4 is 0 Å². The maximum absolute atomic E-state index is 11.6. The summed E-state index contributed by atoms with van der Waals surface area (Å²) in [6, 6.07) is 9.45. The standard InChI is InChI=1S/C13H13NO2S/c15-12(13-5-3-9-17-13)10-16-8-6-11-4-1-2-7-14-11/h1-5,7,9H,6,8,10H2. The smallest absolute Gasteiger partial charge is 0.198 e. The predicted molar refractivity (Wildman–Crippen MR) is 67.4 cm³/mol. The highest BCUT2D eigenvalue weighted by Crippen LogP contribution is 2.09. The molecule has 3 nitrogen and oxygen atoms in total. The zero-order valence-corrected chi connectivity index (χ0v) is 10.2. The van der Waals surface area contributed by atoms with Crippen molar-refractivity contribution in [1.29, 1.82) is 0 Å². The Hall–Kier alpha value is -1.52. The second-order valence-corrected chi connectivity index (χ2v) is 4.47. The molecule has 2 heterocycles. The van der Waals surface area contributed by atoms with Crippen molar-refractivity contribution in [2.75, 3.05) is 13.2 Å². The third-order valence-electron chi connectivity index (χ3n) is 2.26. The van der Waals surface area contributed by atoms with E-state index in [0.29, 0.717) is 6.61 Å². The van der Waals surface area contributed by atoms with Crippen LogP contribution in [0, 0.1) is 0 Å². The van der Waals surface area contributed by atoms with Gasteiger partial charge in [0.1, 0.15) is 6.61 Å². The molecule has 88 valence electrons. The Morgan fingerprint density at radius 1 is 1.29 bits per heavy atom. The molecule has 0 spiro atoms. The fraction of sp³-hybridized carbons (Fsp3) is 0.231. The second-order valence-electron chi connectivity index (χ2n) is 3.52. The van der Waals surface area contributed by atoms with Crippen molar-refractivity contribution in [2.24, 2.45) is 0 Å². The third kappa shape index (κ3) is 3.76. The number of Topliss-reactive ketones (excluding diaryl/α,β-unsaturated/α-hetero) is 1. The number of carbonyl (C=O) groups excluding carboxylic acids is 1. The summed E-state index contributed by atoms with van der Waals surface area (Å²) in [5, 5.41) is 1.89. The molecule has 0 aliphatic carbocycles. The molecule has 0 aliphatic heterocycles. The van der Waals surface area contributed by atoms with E-state index in [-0.39, 0.29) is 12.4 Å². The maximum Gasteiger partial charge on any atom is 0.198 e. The predicted octanol–water partition coefficient (Wildman–Crippen LogP) is 2.59. The fourth-order valence-corrected chi connectivity index (χ4v) is 2.05. The number of aromatic nitrogens is 1. The van der Waals surface area contributed by atoms with Crippen LogP contribution >= 0.6 is 11.3 Å². The molecule has 0 radical (unpaired) electrons. The Kier molecular flexibility index (Phi) is 4.41. The third-order valence-corrected chi connectivity index (χ3v) is 3.17. The van der Waals surface area contributed by atoms with E-state index < -0.39 is 0 Å². The molecule has 2 aromatic rings. The molecule has 2 aromatic heterocycles. The van der Waals surface area contributed by atoms with E-state index in [1.165, 1.54) is 11.3 Å². The van der Waals surface area contributed by atoms with Gasteiger partial charge < -0.3 is 4.74 Å². The SMILES string of the molecule is O=C(COCCc1ccccn1)c1cccs1. The van der Waals surface area contributed by atoms with Gasteiger partial charge in [0.25, 0.3) is 0 Å². The van der Waals surface area contributed by atoms with E-state index >= 15 is 0 Å². The van der Waals surface area contributed by atoms with Gasteiger partial charge in [0.15, 0.2) is 5.78 Å². The summed E-state index contributed by atoms with van der Waals surface area (Å²) in [7, 11) is 0. The Labute approximate surface area is 104 Å². The van der Waals surface area contributed by atoms with Crippen molar-refractivity contribution in [2.45, 2.75) is 6.42 Å². The van der Waals surface area contributed by atoms with Crippen LogP contribution in [0.4, 0.5) is 0 Å². The largest absolute Gasteiger partial charge is 0.373 e. The summed E-state index contributed by atoms with van der Waals surface area (Å²) in [6.07, 6.45) is 2.49. The summed E-state index contributed by atoms with van der Waals surface area (Å²) in [4.78, 5) is 16.5. The van der Waals surface area contributed by atoms with Crippen LogP contribution in [0.1, 0.15) is 15.4 Å². The van der Waals surface area contributed by atoms with Crippen molar-refractivity contribution in [3.05, 3.63) is 52.5 Å². The summed E-state index contributed by atoms with van der Waals surface area (Å²) in [5.74, 6) is 0.0426. The fourth-order valence-electron chi connectivity index (χ4n) is 1.40. The highest BCUT2D eigenvalue weighted by atomic mass is 32.1. The first-order valence-electron chi connectivity index (χ1n) is 5.40. The van der Waals surface area contributed by atoms with Crippen molar-refractivity contribution >= 4 is 17.1 Å². The van der Waals surface area contributed by atoms with Gasteiger partial charge >= 0.3 is 0 Å². The quantitative estimate of drug-likeness (QED) is 0.582. The van der Waals surface area contributed by atoms with E-state index in [2.05, 4.69) is 4.98 Å². The lowest BCUT2D eigenvalue weighted by Crippen LogP contribution is -2.09. The number of thiophene rings is 1. The van der Waals surface area contributed by atoms with Gasteiger partial charge in [-0.3, -0.25) is 9.78 Å². The summed E-state index contributed by atoms with van der Waals surface area (Å²) >= 11 is 1.44. The normalized spacial score (nSPS) is 10.4. The van der Waals surface area contributed by atoms with Crippen LogP contribution in [0.5, 0.6) is 0 Å². The van der Waals surface area contributed by atoms with Crippen LogP contribution in [0.15, 0.2) is 41.9 Å². The summed E-state index contributed by atoms with van der Waals surface area (Å²) in [6.45, 7) is 0.668. The minimum absolute atomic E-state index is 0.0426. The van der Waals surface area contributed by atoms with E-state index in [0.717, 1.165) is 17.0 Å². The van der Waals surface area contributed by atoms with Gasteiger partial charge in [-0.25, -0.2) is 0 Å². The number of hydrogen-bond donors (Lipinski definition) is 0. The molecule has 0 unspecified atom stereocenters. The maximum atomic E-state index is 11.6. The number of ketones is 1. The molecule has 0 bridgehead atoms. The van der Waals surface area contributed by atoms with E-state index in [1.54, 1.807) is 6.20 Å². The summed E-state index contributed by atoms with van der Waals surface area (Å²) in [5.41, 5.74) is 0.982. The van der Waals surface area contributed by atoms with Gasteiger partial charge in [-0.2, -0.15) is 0 Å². The molecule has 0 aliphatic rings. The molecular formula is C13H13NO2S. The monoisotopic (exact) mass is 247 g/mol. The minimum atomic E-state index is 0.0426. The van der Waals surface area contributed by atoms with E-state index in [9.17, 15) is 4.79 Å². The van der Waals surface area contributed by atoms with Gasteiger partial charge in [-0.1, -0.05) is 12.1 Å². The zero-order chi connectivity index (χ0) is 11.9. The molecule has 0 aromatic carbocycles. The Morgan fingerprint density at radius 3 is 2.94 bits per heavy atom. The number of pyridine rings is 1. The van der Waals surface area contributed by atoms with Gasteiger partial charge in [-0.15, -0.1) is 11.3 Å². The summed E-state index contributed by atoms with van der Waals surface area (Å²) < 4.78 is 5.34. The first kappa shape index (κ1) is 12.0. The molecule has 0 atom stereocenters. The highest BCUT2D eigenvalue weighted by molar-refractivity contribution is 7.12. The number of ether oxygens (including phenoxy) is 1. The Balaban J connectivity index is 1.69. The lowest BCUT2D eigenvalue weighted by atomic mass is 10.3. The Morgan fingerprint density at radius 2 is 2.24 bits per heavy atom. The molecule has 4 heteroatoms. The van der Waals surface area contributed by atoms with Crippen LogP contribution in [-0.4, -0.2) is 24.0 Å². The average Bonchev–Trinajstić information content (AvgIpc) is 2.89. The number of hydrogen-bond acceptors (Lipinski definition) is 4. The van der Waals surface area contributed by atoms with Crippen molar-refractivity contribution in [3.63, 3.8) is 0 Å². The van der Waals surface area contributed by atoms with Crippen molar-refractivity contribution < 1.29 is 9.53 Å². The van der Waals surface area contributed by atoms with Gasteiger partial charge in [-0.05, 0) is 23.6 Å². The lowest BCUT2D eigenvalue weighted by molar-refractivity contribution is 0.0768. The molecule has 0 fully saturated rings. The van der Waals surface area contributed by atoms with Gasteiger partial charge in [0, 0.05) is 18.3 Å².